The van der Waals surface area contributed by atoms with Crippen molar-refractivity contribution in [2.24, 2.45) is 0 Å². The van der Waals surface area contributed by atoms with Crippen LogP contribution in [0.25, 0.3) is 0 Å². The number of hydrogen-bond acceptors (Lipinski definition) is 3. The fourth-order valence-electron chi connectivity index (χ4n) is 3.54. The van der Waals surface area contributed by atoms with Crippen LogP contribution in [0.3, 0.4) is 0 Å². The zero-order valence-electron chi connectivity index (χ0n) is 13.1. The number of nitrogens with zero attached hydrogens (tertiary/aromatic N) is 1. The lowest BCUT2D eigenvalue weighted by atomic mass is 10.0. The van der Waals surface area contributed by atoms with Gasteiger partial charge in [-0.05, 0) is 29.7 Å². The average molecular weight is 307 g/mol. The van der Waals surface area contributed by atoms with Gasteiger partial charge >= 0.3 is 0 Å². The Labute approximate surface area is 136 Å². The Kier molecular flexibility index (Phi) is 3.75. The number of piperazine rings is 1. The minimum absolute atomic E-state index is 0.109. The lowest BCUT2D eigenvalue weighted by Crippen LogP contribution is -2.51. The number of anilines is 2. The van der Waals surface area contributed by atoms with Crippen molar-refractivity contribution in [3.05, 3.63) is 59.7 Å². The van der Waals surface area contributed by atoms with Crippen molar-refractivity contribution in [3.8, 4) is 0 Å². The molecule has 2 aromatic carbocycles. The molecule has 118 valence electrons. The minimum atomic E-state index is 0.109. The maximum absolute atomic E-state index is 12.1. The highest BCUT2D eigenvalue weighted by Gasteiger charge is 2.29. The van der Waals surface area contributed by atoms with E-state index in [1.54, 1.807) is 0 Å². The van der Waals surface area contributed by atoms with Gasteiger partial charge in [0.15, 0.2) is 0 Å². The molecule has 2 aromatic rings. The summed E-state index contributed by atoms with van der Waals surface area (Å²) in [6.07, 6.45) is 1.47. The Morgan fingerprint density at radius 3 is 2.83 bits per heavy atom. The van der Waals surface area contributed by atoms with Crippen LogP contribution in [0.1, 0.15) is 17.5 Å². The summed E-state index contributed by atoms with van der Waals surface area (Å²) in [6, 6.07) is 17.2. The van der Waals surface area contributed by atoms with Crippen molar-refractivity contribution in [1.29, 1.82) is 0 Å². The second kappa shape index (κ2) is 6.05. The molecule has 1 saturated heterocycles. The Morgan fingerprint density at radius 2 is 1.96 bits per heavy atom. The summed E-state index contributed by atoms with van der Waals surface area (Å²) in [5.74, 6) is 0.109. The summed E-state index contributed by atoms with van der Waals surface area (Å²) in [6.45, 7) is 2.78. The first kappa shape index (κ1) is 14.3. The number of rotatable bonds is 2. The number of carbonyl (C=O) groups excluding carboxylic acids is 1. The zero-order chi connectivity index (χ0) is 15.6. The molecule has 1 amide bonds. The van der Waals surface area contributed by atoms with E-state index in [0.29, 0.717) is 6.42 Å². The summed E-state index contributed by atoms with van der Waals surface area (Å²) in [5.41, 5.74) is 4.69. The standard InChI is InChI=1S/C19H21N3O/c23-19-12-16-13-20-8-9-22(16)18-11-15(6-7-17(18)21-19)10-14-4-2-1-3-5-14/h1-7,11,16,20H,8-10,12-13H2,(H,21,23). The summed E-state index contributed by atoms with van der Waals surface area (Å²) >= 11 is 0. The molecule has 2 aliphatic heterocycles. The van der Waals surface area contributed by atoms with Crippen LogP contribution in [-0.2, 0) is 11.2 Å². The first-order valence-electron chi connectivity index (χ1n) is 8.24. The molecule has 0 aliphatic carbocycles. The molecule has 0 spiro atoms. The van der Waals surface area contributed by atoms with Gasteiger partial charge in [-0.15, -0.1) is 0 Å². The Balaban J connectivity index is 1.68. The molecule has 2 aliphatic rings. The van der Waals surface area contributed by atoms with Crippen molar-refractivity contribution >= 4 is 17.3 Å². The van der Waals surface area contributed by atoms with Gasteiger partial charge in [0.1, 0.15) is 0 Å². The monoisotopic (exact) mass is 307 g/mol. The van der Waals surface area contributed by atoms with E-state index in [0.717, 1.165) is 37.4 Å². The Bertz CT molecular complexity index is 714. The molecule has 0 radical (unpaired) electrons. The molecule has 4 rings (SSSR count). The summed E-state index contributed by atoms with van der Waals surface area (Å²) in [4.78, 5) is 14.5. The molecule has 2 N–H and O–H groups in total. The highest BCUT2D eigenvalue weighted by Crippen LogP contribution is 2.33. The molecular weight excluding hydrogens is 286 g/mol. The fourth-order valence-corrected chi connectivity index (χ4v) is 3.54. The van der Waals surface area contributed by atoms with Crippen LogP contribution in [-0.4, -0.2) is 31.6 Å². The molecule has 0 aromatic heterocycles. The highest BCUT2D eigenvalue weighted by molar-refractivity contribution is 5.97. The summed E-state index contributed by atoms with van der Waals surface area (Å²) in [7, 11) is 0. The SMILES string of the molecule is O=C1CC2CNCCN2c2cc(Cc3ccccc3)ccc2N1. The van der Waals surface area contributed by atoms with E-state index < -0.39 is 0 Å². The third-order valence-corrected chi connectivity index (χ3v) is 4.67. The van der Waals surface area contributed by atoms with Crippen molar-refractivity contribution in [2.75, 3.05) is 29.9 Å². The molecule has 1 unspecified atom stereocenters. The van der Waals surface area contributed by atoms with Crippen LogP contribution in [0.5, 0.6) is 0 Å². The zero-order valence-corrected chi connectivity index (χ0v) is 13.1. The smallest absolute Gasteiger partial charge is 0.226 e. The predicted molar refractivity (Wildman–Crippen MR) is 92.9 cm³/mol. The van der Waals surface area contributed by atoms with Crippen LogP contribution in [0.15, 0.2) is 48.5 Å². The molecule has 0 saturated carbocycles. The van der Waals surface area contributed by atoms with Crippen molar-refractivity contribution < 1.29 is 4.79 Å². The molecule has 0 bridgehead atoms. The lowest BCUT2D eigenvalue weighted by molar-refractivity contribution is -0.116. The second-order valence-electron chi connectivity index (χ2n) is 6.32. The molecule has 4 nitrogen and oxygen atoms in total. The molecule has 1 fully saturated rings. The first-order chi connectivity index (χ1) is 11.3. The molecule has 2 heterocycles. The van der Waals surface area contributed by atoms with Crippen LogP contribution < -0.4 is 15.5 Å². The molecular formula is C19H21N3O. The van der Waals surface area contributed by atoms with Gasteiger partial charge in [0, 0.05) is 26.1 Å². The van der Waals surface area contributed by atoms with Crippen LogP contribution >= 0.6 is 0 Å². The summed E-state index contributed by atoms with van der Waals surface area (Å²) in [5, 5.41) is 6.46. The lowest BCUT2D eigenvalue weighted by Gasteiger charge is -2.36. The maximum atomic E-state index is 12.1. The van der Waals surface area contributed by atoms with E-state index in [2.05, 4.69) is 58.0 Å². The third-order valence-electron chi connectivity index (χ3n) is 4.67. The van der Waals surface area contributed by atoms with Gasteiger partial charge in [-0.25, -0.2) is 0 Å². The van der Waals surface area contributed by atoms with Gasteiger partial charge in [0.2, 0.25) is 5.91 Å². The van der Waals surface area contributed by atoms with E-state index in [-0.39, 0.29) is 11.9 Å². The number of nitrogens with one attached hydrogen (secondary N) is 2. The van der Waals surface area contributed by atoms with E-state index in [9.17, 15) is 4.79 Å². The highest BCUT2D eigenvalue weighted by atomic mass is 16.1. The molecule has 23 heavy (non-hydrogen) atoms. The fraction of sp³-hybridized carbons (Fsp3) is 0.316. The van der Waals surface area contributed by atoms with Gasteiger partial charge in [-0.2, -0.15) is 0 Å². The Hall–Kier alpha value is -2.33. The van der Waals surface area contributed by atoms with Gasteiger partial charge in [-0.3, -0.25) is 4.79 Å². The summed E-state index contributed by atoms with van der Waals surface area (Å²) < 4.78 is 0. The molecule has 4 heteroatoms. The minimum Gasteiger partial charge on any atom is -0.364 e. The molecule has 1 atom stereocenters. The van der Waals surface area contributed by atoms with Crippen molar-refractivity contribution in [1.82, 2.24) is 5.32 Å². The number of fused-ring (bicyclic) bond motifs is 3. The van der Waals surface area contributed by atoms with Crippen LogP contribution in [0.2, 0.25) is 0 Å². The topological polar surface area (TPSA) is 44.4 Å². The van der Waals surface area contributed by atoms with E-state index in [1.807, 2.05) is 6.07 Å². The van der Waals surface area contributed by atoms with Gasteiger partial charge in [0.25, 0.3) is 0 Å². The number of carbonyl (C=O) groups is 1. The predicted octanol–water partition coefficient (Wildman–Crippen LogP) is 2.40. The van der Waals surface area contributed by atoms with Crippen molar-refractivity contribution in [3.63, 3.8) is 0 Å². The van der Waals surface area contributed by atoms with Gasteiger partial charge in [-0.1, -0.05) is 36.4 Å². The average Bonchev–Trinajstić information content (AvgIpc) is 2.71. The number of amides is 1. The van der Waals surface area contributed by atoms with E-state index >= 15 is 0 Å². The Morgan fingerprint density at radius 1 is 1.09 bits per heavy atom. The van der Waals surface area contributed by atoms with Gasteiger partial charge < -0.3 is 15.5 Å². The van der Waals surface area contributed by atoms with E-state index in [4.69, 9.17) is 0 Å². The van der Waals surface area contributed by atoms with Crippen LogP contribution in [0.4, 0.5) is 11.4 Å². The largest absolute Gasteiger partial charge is 0.364 e. The third kappa shape index (κ3) is 2.94. The number of benzene rings is 2. The maximum Gasteiger partial charge on any atom is 0.226 e. The quantitative estimate of drug-likeness (QED) is 0.895. The van der Waals surface area contributed by atoms with Crippen molar-refractivity contribution in [2.45, 2.75) is 18.9 Å². The first-order valence-corrected chi connectivity index (χ1v) is 8.24. The van der Waals surface area contributed by atoms with Crippen LogP contribution in [0, 0.1) is 0 Å². The normalized spacial score (nSPS) is 20.3. The van der Waals surface area contributed by atoms with E-state index in [1.165, 1.54) is 11.1 Å². The van der Waals surface area contributed by atoms with Gasteiger partial charge in [0.05, 0.1) is 17.4 Å². The second-order valence-corrected chi connectivity index (χ2v) is 6.32. The number of hydrogen-bond donors (Lipinski definition) is 2.